The number of hydrogen-bond donors (Lipinski definition) is 0. The van der Waals surface area contributed by atoms with E-state index in [4.69, 9.17) is 26.6 Å². The highest BCUT2D eigenvalue weighted by molar-refractivity contribution is 6.30. The van der Waals surface area contributed by atoms with Crippen molar-refractivity contribution in [2.24, 2.45) is 0 Å². The molecule has 0 N–H and O–H groups in total. The molecule has 0 saturated carbocycles. The minimum absolute atomic E-state index is 0.627. The van der Waals surface area contributed by atoms with Crippen molar-refractivity contribution in [3.05, 3.63) is 138 Å². The first-order valence-corrected chi connectivity index (χ1v) is 12.5. The summed E-state index contributed by atoms with van der Waals surface area (Å²) in [6.45, 7) is 0. The number of aromatic nitrogens is 3. The number of halogens is 1. The molecule has 0 unspecified atom stereocenters. The van der Waals surface area contributed by atoms with Gasteiger partial charge in [0.25, 0.3) is 0 Å². The van der Waals surface area contributed by atoms with Crippen molar-refractivity contribution >= 4 is 11.6 Å². The van der Waals surface area contributed by atoms with Crippen molar-refractivity contribution in [3.8, 4) is 56.4 Å². The van der Waals surface area contributed by atoms with Crippen molar-refractivity contribution in [3.63, 3.8) is 0 Å². The maximum absolute atomic E-state index is 6.11. The topological polar surface area (TPSA) is 38.7 Å². The molecule has 0 aliphatic heterocycles. The zero-order chi connectivity index (χ0) is 25.0. The molecule has 0 atom stereocenters. The second kappa shape index (κ2) is 10.2. The predicted octanol–water partition coefficient (Wildman–Crippen LogP) is 8.86. The summed E-state index contributed by atoms with van der Waals surface area (Å²) >= 11 is 6.11. The summed E-state index contributed by atoms with van der Waals surface area (Å²) in [5.74, 6) is 1.91. The number of hydrogen-bond acceptors (Lipinski definition) is 3. The van der Waals surface area contributed by atoms with Crippen LogP contribution in [0.1, 0.15) is 0 Å². The van der Waals surface area contributed by atoms with Gasteiger partial charge in [-0.15, -0.1) is 0 Å². The highest BCUT2D eigenvalue weighted by atomic mass is 35.5. The Morgan fingerprint density at radius 1 is 0.351 bits per heavy atom. The van der Waals surface area contributed by atoms with Crippen molar-refractivity contribution < 1.29 is 0 Å². The molecule has 176 valence electrons. The summed E-state index contributed by atoms with van der Waals surface area (Å²) in [5.41, 5.74) is 7.17. The van der Waals surface area contributed by atoms with Gasteiger partial charge in [0, 0.05) is 21.7 Å². The lowest BCUT2D eigenvalue weighted by Crippen LogP contribution is -2.01. The molecule has 0 fully saturated rings. The van der Waals surface area contributed by atoms with Crippen LogP contribution >= 0.6 is 11.6 Å². The Balaban J connectivity index is 1.53. The summed E-state index contributed by atoms with van der Waals surface area (Å²) in [4.78, 5) is 14.8. The maximum Gasteiger partial charge on any atom is 0.164 e. The van der Waals surface area contributed by atoms with Crippen LogP contribution in [0.4, 0.5) is 0 Å². The number of benzene rings is 5. The lowest BCUT2D eigenvalue weighted by atomic mass is 9.99. The fourth-order valence-electron chi connectivity index (χ4n) is 4.37. The molecule has 37 heavy (non-hydrogen) atoms. The van der Waals surface area contributed by atoms with Crippen LogP contribution in [-0.4, -0.2) is 15.0 Å². The molecule has 0 bridgehead atoms. The van der Waals surface area contributed by atoms with Crippen molar-refractivity contribution in [1.29, 1.82) is 0 Å². The Bertz CT molecular complexity index is 1660. The van der Waals surface area contributed by atoms with Crippen molar-refractivity contribution in [1.82, 2.24) is 15.0 Å². The van der Waals surface area contributed by atoms with E-state index in [1.54, 1.807) is 0 Å². The highest BCUT2D eigenvalue weighted by Gasteiger charge is 2.15. The second-order valence-electron chi connectivity index (χ2n) is 8.67. The van der Waals surface area contributed by atoms with Crippen LogP contribution < -0.4 is 0 Å². The van der Waals surface area contributed by atoms with E-state index in [0.29, 0.717) is 22.5 Å². The summed E-state index contributed by atoms with van der Waals surface area (Å²) < 4.78 is 0. The first kappa shape index (κ1) is 22.8. The Morgan fingerprint density at radius 3 is 1.57 bits per heavy atom. The number of rotatable bonds is 5. The molecule has 1 aromatic heterocycles. The standard InChI is InChI=1S/C33H22ClN3/c34-28-20-18-23(19-21-28)26-14-9-15-27(22-26)32-35-31(25-12-5-2-6-13-25)36-33(37-32)30-17-8-7-16-29(30)24-10-3-1-4-11-24/h1-22H. The summed E-state index contributed by atoms with van der Waals surface area (Å²) in [6.07, 6.45) is 0. The van der Waals surface area contributed by atoms with E-state index >= 15 is 0 Å². The Morgan fingerprint density at radius 2 is 0.865 bits per heavy atom. The van der Waals surface area contributed by atoms with Gasteiger partial charge in [-0.25, -0.2) is 15.0 Å². The molecule has 1 heterocycles. The van der Waals surface area contributed by atoms with Gasteiger partial charge in [-0.05, 0) is 40.5 Å². The lowest BCUT2D eigenvalue weighted by Gasteiger charge is -2.12. The van der Waals surface area contributed by atoms with Gasteiger partial charge in [0.2, 0.25) is 0 Å². The van der Waals surface area contributed by atoms with Gasteiger partial charge in [-0.1, -0.05) is 127 Å². The largest absolute Gasteiger partial charge is 0.208 e. The van der Waals surface area contributed by atoms with Gasteiger partial charge >= 0.3 is 0 Å². The minimum atomic E-state index is 0.627. The molecular formula is C33H22ClN3. The van der Waals surface area contributed by atoms with E-state index in [0.717, 1.165) is 38.9 Å². The van der Waals surface area contributed by atoms with E-state index < -0.39 is 0 Å². The van der Waals surface area contributed by atoms with E-state index in [-0.39, 0.29) is 0 Å². The van der Waals surface area contributed by atoms with Crippen LogP contribution in [0.5, 0.6) is 0 Å². The van der Waals surface area contributed by atoms with E-state index in [1.165, 1.54) is 0 Å². The normalized spacial score (nSPS) is 10.8. The molecule has 4 heteroatoms. The molecular weight excluding hydrogens is 474 g/mol. The molecule has 6 aromatic rings. The summed E-state index contributed by atoms with van der Waals surface area (Å²) in [5, 5.41) is 0.714. The molecule has 0 spiro atoms. The molecule has 5 aromatic carbocycles. The van der Waals surface area contributed by atoms with Gasteiger partial charge in [0.15, 0.2) is 17.5 Å². The fourth-order valence-corrected chi connectivity index (χ4v) is 4.50. The second-order valence-corrected chi connectivity index (χ2v) is 9.11. The van der Waals surface area contributed by atoms with Crippen molar-refractivity contribution in [2.75, 3.05) is 0 Å². The van der Waals surface area contributed by atoms with Crippen LogP contribution in [0.3, 0.4) is 0 Å². The maximum atomic E-state index is 6.11. The van der Waals surface area contributed by atoms with Gasteiger partial charge < -0.3 is 0 Å². The van der Waals surface area contributed by atoms with Crippen LogP contribution in [0.2, 0.25) is 5.02 Å². The van der Waals surface area contributed by atoms with Crippen molar-refractivity contribution in [2.45, 2.75) is 0 Å². The first-order valence-electron chi connectivity index (χ1n) is 12.1. The zero-order valence-corrected chi connectivity index (χ0v) is 20.7. The monoisotopic (exact) mass is 495 g/mol. The fraction of sp³-hybridized carbons (Fsp3) is 0. The van der Waals surface area contributed by atoms with E-state index in [1.807, 2.05) is 97.1 Å². The smallest absolute Gasteiger partial charge is 0.164 e. The number of nitrogens with zero attached hydrogens (tertiary/aromatic N) is 3. The quantitative estimate of drug-likeness (QED) is 0.240. The molecule has 3 nitrogen and oxygen atoms in total. The zero-order valence-electron chi connectivity index (χ0n) is 19.9. The van der Waals surface area contributed by atoms with Gasteiger partial charge in [0.05, 0.1) is 0 Å². The Labute approximate surface area is 221 Å². The summed E-state index contributed by atoms with van der Waals surface area (Å²) in [6, 6.07) is 44.7. The minimum Gasteiger partial charge on any atom is -0.208 e. The highest BCUT2D eigenvalue weighted by Crippen LogP contribution is 2.33. The van der Waals surface area contributed by atoms with Crippen LogP contribution in [0, 0.1) is 0 Å². The third kappa shape index (κ3) is 4.90. The SMILES string of the molecule is Clc1ccc(-c2cccc(-c3nc(-c4ccccc4)nc(-c4ccccc4-c4ccccc4)n3)c2)cc1. The first-order chi connectivity index (χ1) is 18.2. The molecule has 0 radical (unpaired) electrons. The molecule has 0 saturated heterocycles. The molecule has 0 amide bonds. The van der Waals surface area contributed by atoms with E-state index in [9.17, 15) is 0 Å². The van der Waals surface area contributed by atoms with Gasteiger partial charge in [-0.2, -0.15) is 0 Å². The van der Waals surface area contributed by atoms with Crippen LogP contribution in [0.25, 0.3) is 56.4 Å². The third-order valence-corrected chi connectivity index (χ3v) is 6.47. The molecule has 0 aliphatic carbocycles. The average Bonchev–Trinajstić information content (AvgIpc) is 2.98. The van der Waals surface area contributed by atoms with Gasteiger partial charge in [-0.3, -0.25) is 0 Å². The average molecular weight is 496 g/mol. The predicted molar refractivity (Wildman–Crippen MR) is 152 cm³/mol. The molecule has 6 rings (SSSR count). The Kier molecular flexibility index (Phi) is 6.28. The van der Waals surface area contributed by atoms with Crippen LogP contribution in [0.15, 0.2) is 133 Å². The van der Waals surface area contributed by atoms with Crippen LogP contribution in [-0.2, 0) is 0 Å². The lowest BCUT2D eigenvalue weighted by molar-refractivity contribution is 1.07. The molecule has 0 aliphatic rings. The Hall–Kier alpha value is -4.60. The van der Waals surface area contributed by atoms with Gasteiger partial charge in [0.1, 0.15) is 0 Å². The summed E-state index contributed by atoms with van der Waals surface area (Å²) in [7, 11) is 0. The third-order valence-electron chi connectivity index (χ3n) is 6.22. The van der Waals surface area contributed by atoms with E-state index in [2.05, 4.69) is 36.4 Å².